The maximum atomic E-state index is 12.4. The van der Waals surface area contributed by atoms with Crippen molar-refractivity contribution in [2.24, 2.45) is 0 Å². The molecule has 2 saturated heterocycles. The van der Waals surface area contributed by atoms with Crippen molar-refractivity contribution in [3.05, 3.63) is 21.9 Å². The first-order valence-corrected chi connectivity index (χ1v) is 10.3. The van der Waals surface area contributed by atoms with Gasteiger partial charge in [-0.25, -0.2) is 0 Å². The summed E-state index contributed by atoms with van der Waals surface area (Å²) < 4.78 is 17.5. The zero-order valence-corrected chi connectivity index (χ0v) is 15.5. The van der Waals surface area contributed by atoms with Gasteiger partial charge >= 0.3 is 0 Å². The Hall–Kier alpha value is -0.950. The van der Waals surface area contributed by atoms with Crippen LogP contribution in [0.1, 0.15) is 42.5 Å². The normalized spacial score (nSPS) is 25.8. The zero-order chi connectivity index (χ0) is 17.1. The lowest BCUT2D eigenvalue weighted by Gasteiger charge is -2.44. The molecular formula is C19H27NO4S. The molecule has 1 aromatic heterocycles. The van der Waals surface area contributed by atoms with E-state index in [0.717, 1.165) is 58.4 Å². The van der Waals surface area contributed by atoms with Crippen LogP contribution in [0.2, 0.25) is 0 Å². The topological polar surface area (TPSA) is 48.0 Å². The van der Waals surface area contributed by atoms with Crippen molar-refractivity contribution in [3.8, 4) is 0 Å². The van der Waals surface area contributed by atoms with Gasteiger partial charge in [-0.05, 0) is 49.1 Å². The van der Waals surface area contributed by atoms with Crippen molar-refractivity contribution < 1.29 is 19.0 Å². The molecule has 25 heavy (non-hydrogen) atoms. The highest BCUT2D eigenvalue weighted by Crippen LogP contribution is 2.43. The van der Waals surface area contributed by atoms with Crippen molar-refractivity contribution in [2.75, 3.05) is 39.5 Å². The third kappa shape index (κ3) is 3.77. The van der Waals surface area contributed by atoms with Crippen LogP contribution < -0.4 is 0 Å². The fourth-order valence-electron chi connectivity index (χ4n) is 4.20. The van der Waals surface area contributed by atoms with Crippen LogP contribution in [0, 0.1) is 0 Å². The summed E-state index contributed by atoms with van der Waals surface area (Å²) in [6.45, 7) is 3.81. The highest BCUT2D eigenvalue weighted by atomic mass is 32.1. The first-order chi connectivity index (χ1) is 12.3. The van der Waals surface area contributed by atoms with Crippen LogP contribution in [0.3, 0.4) is 0 Å². The number of amides is 1. The number of piperidine rings is 1. The molecule has 5 nitrogen and oxygen atoms in total. The summed E-state index contributed by atoms with van der Waals surface area (Å²) in [7, 11) is 0. The van der Waals surface area contributed by atoms with Crippen molar-refractivity contribution >= 4 is 17.2 Å². The quantitative estimate of drug-likeness (QED) is 0.823. The van der Waals surface area contributed by atoms with Gasteiger partial charge in [0.25, 0.3) is 0 Å². The number of carbonyl (C=O) groups is 1. The lowest BCUT2D eigenvalue weighted by atomic mass is 9.82. The Balaban J connectivity index is 1.25. The molecule has 3 aliphatic rings. The van der Waals surface area contributed by atoms with E-state index in [2.05, 4.69) is 11.4 Å². The number of rotatable bonds is 4. The predicted octanol–water partition coefficient (Wildman–Crippen LogP) is 2.72. The second kappa shape index (κ2) is 7.74. The van der Waals surface area contributed by atoms with E-state index in [1.807, 2.05) is 16.2 Å². The minimum atomic E-state index is -0.166. The van der Waals surface area contributed by atoms with Crippen molar-refractivity contribution in [3.63, 3.8) is 0 Å². The summed E-state index contributed by atoms with van der Waals surface area (Å²) in [4.78, 5) is 15.8. The van der Waals surface area contributed by atoms with E-state index in [4.69, 9.17) is 14.2 Å². The Labute approximate surface area is 153 Å². The molecule has 1 amide bonds. The van der Waals surface area contributed by atoms with E-state index in [0.29, 0.717) is 6.61 Å². The monoisotopic (exact) mass is 365 g/mol. The third-order valence-corrected chi connectivity index (χ3v) is 6.65. The largest absolute Gasteiger partial charge is 0.376 e. The van der Waals surface area contributed by atoms with E-state index in [-0.39, 0.29) is 24.2 Å². The van der Waals surface area contributed by atoms with Gasteiger partial charge in [0.05, 0.1) is 24.9 Å². The van der Waals surface area contributed by atoms with Gasteiger partial charge in [0.15, 0.2) is 0 Å². The number of ether oxygens (including phenoxy) is 3. The van der Waals surface area contributed by atoms with E-state index in [9.17, 15) is 4.79 Å². The van der Waals surface area contributed by atoms with E-state index in [1.54, 1.807) is 0 Å². The van der Waals surface area contributed by atoms with Crippen LogP contribution in [0.4, 0.5) is 0 Å². The zero-order valence-electron chi connectivity index (χ0n) is 14.7. The van der Waals surface area contributed by atoms with Gasteiger partial charge in [0.2, 0.25) is 5.91 Å². The Morgan fingerprint density at radius 2 is 2.20 bits per heavy atom. The van der Waals surface area contributed by atoms with Gasteiger partial charge in [-0.3, -0.25) is 4.79 Å². The molecule has 138 valence electrons. The average Bonchev–Trinajstić information content (AvgIpc) is 3.14. The molecular weight excluding hydrogens is 338 g/mol. The van der Waals surface area contributed by atoms with Gasteiger partial charge in [-0.15, -0.1) is 11.3 Å². The van der Waals surface area contributed by atoms with Crippen LogP contribution in [-0.4, -0.2) is 56.4 Å². The fourth-order valence-corrected chi connectivity index (χ4v) is 5.15. The summed E-state index contributed by atoms with van der Waals surface area (Å²) >= 11 is 1.83. The fraction of sp³-hybridized carbons (Fsp3) is 0.737. The molecule has 0 N–H and O–H groups in total. The molecule has 0 bridgehead atoms. The Kier molecular flexibility index (Phi) is 5.41. The number of likely N-dealkylation sites (tertiary alicyclic amines) is 1. The Bertz CT molecular complexity index is 588. The highest BCUT2D eigenvalue weighted by molar-refractivity contribution is 7.10. The number of hydrogen-bond acceptors (Lipinski definition) is 5. The summed E-state index contributed by atoms with van der Waals surface area (Å²) in [5.41, 5.74) is 1.20. The molecule has 0 radical (unpaired) electrons. The van der Waals surface area contributed by atoms with Gasteiger partial charge in [0, 0.05) is 31.0 Å². The molecule has 4 rings (SSSR count). The average molecular weight is 365 g/mol. The first-order valence-electron chi connectivity index (χ1n) is 9.45. The number of hydrogen-bond donors (Lipinski definition) is 0. The van der Waals surface area contributed by atoms with Crippen LogP contribution in [0.25, 0.3) is 0 Å². The number of nitrogens with zero attached hydrogens (tertiary/aromatic N) is 1. The van der Waals surface area contributed by atoms with E-state index >= 15 is 0 Å². The summed E-state index contributed by atoms with van der Waals surface area (Å²) in [5, 5.41) is 2.17. The maximum absolute atomic E-state index is 12.4. The second-order valence-corrected chi connectivity index (χ2v) is 8.24. The van der Waals surface area contributed by atoms with E-state index < -0.39 is 0 Å². The summed E-state index contributed by atoms with van der Waals surface area (Å²) in [5.74, 6) is 0.0898. The minimum absolute atomic E-state index is 0.0898. The van der Waals surface area contributed by atoms with Crippen molar-refractivity contribution in [2.45, 2.75) is 50.2 Å². The molecule has 1 aromatic rings. The predicted molar refractivity (Wildman–Crippen MR) is 95.9 cm³/mol. The van der Waals surface area contributed by atoms with Gasteiger partial charge in [-0.2, -0.15) is 0 Å². The molecule has 1 unspecified atom stereocenters. The standard InChI is InChI=1S/C19H27NO4S/c21-18(14-22-13-15-3-1-2-10-23-15)20-8-6-19(7-9-20)16-5-12-25-17(16)4-11-24-19/h5,12,15H,1-4,6-11,13-14H2. The molecule has 1 spiro atoms. The molecule has 2 fully saturated rings. The second-order valence-electron chi connectivity index (χ2n) is 7.23. The van der Waals surface area contributed by atoms with Crippen LogP contribution in [0.5, 0.6) is 0 Å². The smallest absolute Gasteiger partial charge is 0.248 e. The molecule has 1 atom stereocenters. The molecule has 0 aliphatic carbocycles. The van der Waals surface area contributed by atoms with Crippen LogP contribution in [-0.2, 0) is 31.0 Å². The van der Waals surface area contributed by atoms with Crippen LogP contribution >= 0.6 is 11.3 Å². The maximum Gasteiger partial charge on any atom is 0.248 e. The molecule has 4 heterocycles. The lowest BCUT2D eigenvalue weighted by molar-refractivity contribution is -0.146. The van der Waals surface area contributed by atoms with Gasteiger partial charge < -0.3 is 19.1 Å². The molecule has 0 saturated carbocycles. The number of thiophene rings is 1. The Morgan fingerprint density at radius 3 is 3.00 bits per heavy atom. The van der Waals surface area contributed by atoms with Crippen molar-refractivity contribution in [1.82, 2.24) is 4.90 Å². The van der Waals surface area contributed by atoms with Gasteiger partial charge in [-0.1, -0.05) is 0 Å². The number of carbonyl (C=O) groups excluding carboxylic acids is 1. The minimum Gasteiger partial charge on any atom is -0.376 e. The first kappa shape index (κ1) is 17.5. The summed E-state index contributed by atoms with van der Waals surface area (Å²) in [6, 6.07) is 2.21. The molecule has 0 aromatic carbocycles. The number of fused-ring (bicyclic) bond motifs is 2. The van der Waals surface area contributed by atoms with Crippen LogP contribution in [0.15, 0.2) is 11.4 Å². The SMILES string of the molecule is O=C(COCC1CCCCO1)N1CCC2(CC1)OCCc1sccc12. The summed E-state index contributed by atoms with van der Waals surface area (Å²) in [6.07, 6.45) is 6.33. The van der Waals surface area contributed by atoms with Crippen molar-refractivity contribution in [1.29, 1.82) is 0 Å². The Morgan fingerprint density at radius 1 is 1.32 bits per heavy atom. The molecule has 6 heteroatoms. The van der Waals surface area contributed by atoms with Gasteiger partial charge in [0.1, 0.15) is 6.61 Å². The highest BCUT2D eigenvalue weighted by Gasteiger charge is 2.42. The van der Waals surface area contributed by atoms with E-state index in [1.165, 1.54) is 16.9 Å². The third-order valence-electron chi connectivity index (χ3n) is 5.67. The lowest BCUT2D eigenvalue weighted by Crippen LogP contribution is -2.49. The molecule has 3 aliphatic heterocycles.